The van der Waals surface area contributed by atoms with Gasteiger partial charge in [-0.3, -0.25) is 10.5 Å². The van der Waals surface area contributed by atoms with Crippen LogP contribution in [-0.4, -0.2) is 22.0 Å². The van der Waals surface area contributed by atoms with Crippen molar-refractivity contribution in [2.45, 2.75) is 44.9 Å². The Balaban J connectivity index is 2.37. The van der Waals surface area contributed by atoms with E-state index >= 15 is 0 Å². The Morgan fingerprint density at radius 1 is 1.76 bits per heavy atom. The van der Waals surface area contributed by atoms with Crippen molar-refractivity contribution in [2.24, 2.45) is 5.84 Å². The largest absolute Gasteiger partial charge is 0.373 e. The van der Waals surface area contributed by atoms with Gasteiger partial charge < -0.3 is 4.74 Å². The fraction of sp³-hybridized carbons (Fsp3) is 0.727. The molecule has 0 aliphatic carbocycles. The zero-order valence-electron chi connectivity index (χ0n) is 10.2. The molecule has 1 aromatic rings. The van der Waals surface area contributed by atoms with Crippen LogP contribution in [0.25, 0.3) is 0 Å². The number of nitrogens with two attached hydrogens (primary N) is 1. The van der Waals surface area contributed by atoms with Crippen LogP contribution in [0.2, 0.25) is 0 Å². The number of halogens is 1. The zero-order chi connectivity index (χ0) is 12.5. The zero-order valence-corrected chi connectivity index (χ0v) is 11.8. The van der Waals surface area contributed by atoms with Gasteiger partial charge in [0.05, 0.1) is 28.0 Å². The minimum absolute atomic E-state index is 0.0539. The van der Waals surface area contributed by atoms with Gasteiger partial charge in [0, 0.05) is 13.2 Å². The van der Waals surface area contributed by atoms with E-state index in [2.05, 4.69) is 40.3 Å². The molecular formula is C11H19BrN4O. The summed E-state index contributed by atoms with van der Waals surface area (Å²) in [5, 5.41) is 4.32. The molecular weight excluding hydrogens is 284 g/mol. The first-order valence-electron chi connectivity index (χ1n) is 5.93. The number of rotatable bonds is 4. The highest BCUT2D eigenvalue weighted by Gasteiger charge is 2.41. The highest BCUT2D eigenvalue weighted by atomic mass is 79.9. The molecule has 1 fully saturated rings. The molecule has 1 aliphatic heterocycles. The van der Waals surface area contributed by atoms with Crippen LogP contribution in [0, 0.1) is 0 Å². The van der Waals surface area contributed by atoms with E-state index in [-0.39, 0.29) is 11.6 Å². The van der Waals surface area contributed by atoms with E-state index in [0.717, 1.165) is 36.2 Å². The van der Waals surface area contributed by atoms with Crippen molar-refractivity contribution in [3.8, 4) is 0 Å². The first-order chi connectivity index (χ1) is 8.12. The lowest BCUT2D eigenvalue weighted by Crippen LogP contribution is -2.45. The van der Waals surface area contributed by atoms with E-state index in [1.165, 1.54) is 0 Å². The Hall–Kier alpha value is -0.430. The van der Waals surface area contributed by atoms with Crippen molar-refractivity contribution >= 4 is 15.9 Å². The Morgan fingerprint density at radius 3 is 3.06 bits per heavy atom. The lowest BCUT2D eigenvalue weighted by Gasteiger charge is -2.33. The lowest BCUT2D eigenvalue weighted by molar-refractivity contribution is -0.0150. The molecule has 2 heterocycles. The molecule has 5 nitrogen and oxygen atoms in total. The second-order valence-corrected chi connectivity index (χ2v) is 5.41. The van der Waals surface area contributed by atoms with E-state index in [0.29, 0.717) is 0 Å². The molecule has 3 N–H and O–H groups in total. The fourth-order valence-corrected chi connectivity index (χ4v) is 3.01. The smallest absolute Gasteiger partial charge is 0.0927 e. The van der Waals surface area contributed by atoms with E-state index < -0.39 is 0 Å². The van der Waals surface area contributed by atoms with Crippen LogP contribution in [0.15, 0.2) is 10.7 Å². The molecule has 0 bridgehead atoms. The summed E-state index contributed by atoms with van der Waals surface area (Å²) < 4.78 is 8.78. The van der Waals surface area contributed by atoms with Crippen molar-refractivity contribution < 1.29 is 4.74 Å². The highest BCUT2D eigenvalue weighted by Crippen LogP contribution is 2.39. The maximum atomic E-state index is 5.87. The van der Waals surface area contributed by atoms with Crippen LogP contribution in [0.3, 0.4) is 0 Å². The normalized spacial score (nSPS) is 26.4. The Labute approximate surface area is 110 Å². The van der Waals surface area contributed by atoms with Gasteiger partial charge in [0.2, 0.25) is 0 Å². The Kier molecular flexibility index (Phi) is 3.87. The summed E-state index contributed by atoms with van der Waals surface area (Å²) in [7, 11) is 0. The van der Waals surface area contributed by atoms with Crippen molar-refractivity contribution in [3.63, 3.8) is 0 Å². The van der Waals surface area contributed by atoms with Gasteiger partial charge in [-0.05, 0) is 42.6 Å². The Bertz CT molecular complexity index is 387. The average Bonchev–Trinajstić information content (AvgIpc) is 2.89. The minimum Gasteiger partial charge on any atom is -0.373 e. The van der Waals surface area contributed by atoms with Crippen LogP contribution in [-0.2, 0) is 11.3 Å². The number of hydrogen-bond donors (Lipinski definition) is 2. The maximum absolute atomic E-state index is 5.87. The van der Waals surface area contributed by atoms with Gasteiger partial charge in [0.15, 0.2) is 0 Å². The number of nitrogens with zero attached hydrogens (tertiary/aromatic N) is 2. The molecule has 2 rings (SSSR count). The molecule has 2 unspecified atom stereocenters. The van der Waals surface area contributed by atoms with Gasteiger partial charge in [-0.1, -0.05) is 0 Å². The third-order valence-corrected chi connectivity index (χ3v) is 4.04. The molecule has 0 amide bonds. The highest BCUT2D eigenvalue weighted by molar-refractivity contribution is 9.10. The second kappa shape index (κ2) is 5.06. The van der Waals surface area contributed by atoms with Crippen LogP contribution < -0.4 is 11.3 Å². The average molecular weight is 303 g/mol. The third kappa shape index (κ3) is 2.27. The van der Waals surface area contributed by atoms with Gasteiger partial charge in [0.25, 0.3) is 0 Å². The molecule has 2 atom stereocenters. The van der Waals surface area contributed by atoms with Gasteiger partial charge in [0.1, 0.15) is 0 Å². The summed E-state index contributed by atoms with van der Waals surface area (Å²) in [6.07, 6.45) is 3.89. The van der Waals surface area contributed by atoms with Crippen LogP contribution in [0.1, 0.15) is 38.4 Å². The summed E-state index contributed by atoms with van der Waals surface area (Å²) in [4.78, 5) is 0. The molecule has 1 aromatic heterocycles. The number of hydrazine groups is 1. The first-order valence-corrected chi connectivity index (χ1v) is 6.73. The van der Waals surface area contributed by atoms with E-state index in [1.54, 1.807) is 0 Å². The SMILES string of the molecule is CCn1ncc(Br)c1C(NN)C1(C)CCCO1. The van der Waals surface area contributed by atoms with E-state index in [9.17, 15) is 0 Å². The first kappa shape index (κ1) is 13.0. The predicted molar refractivity (Wildman–Crippen MR) is 69.3 cm³/mol. The molecule has 0 saturated carbocycles. The van der Waals surface area contributed by atoms with Crippen LogP contribution in [0.4, 0.5) is 0 Å². The van der Waals surface area contributed by atoms with Crippen LogP contribution in [0.5, 0.6) is 0 Å². The van der Waals surface area contributed by atoms with Crippen molar-refractivity contribution in [1.82, 2.24) is 15.2 Å². The molecule has 1 aliphatic rings. The third-order valence-electron chi connectivity index (χ3n) is 3.43. The summed E-state index contributed by atoms with van der Waals surface area (Å²) in [6.45, 7) is 5.78. The van der Waals surface area contributed by atoms with Gasteiger partial charge >= 0.3 is 0 Å². The van der Waals surface area contributed by atoms with Gasteiger partial charge in [-0.15, -0.1) is 0 Å². The van der Waals surface area contributed by atoms with Crippen molar-refractivity contribution in [1.29, 1.82) is 0 Å². The predicted octanol–water partition coefficient (Wildman–Crippen LogP) is 1.74. The maximum Gasteiger partial charge on any atom is 0.0927 e. The molecule has 6 heteroatoms. The molecule has 0 radical (unpaired) electrons. The number of nitrogens with one attached hydrogen (secondary N) is 1. The van der Waals surface area contributed by atoms with Gasteiger partial charge in [-0.25, -0.2) is 5.43 Å². The van der Waals surface area contributed by atoms with E-state index in [1.807, 2.05) is 10.9 Å². The molecule has 17 heavy (non-hydrogen) atoms. The lowest BCUT2D eigenvalue weighted by atomic mass is 9.91. The fourth-order valence-electron chi connectivity index (χ4n) is 2.48. The number of aryl methyl sites for hydroxylation is 1. The van der Waals surface area contributed by atoms with Crippen molar-refractivity contribution in [2.75, 3.05) is 6.61 Å². The second-order valence-electron chi connectivity index (χ2n) is 4.56. The minimum atomic E-state index is -0.260. The topological polar surface area (TPSA) is 65.1 Å². The number of ether oxygens (including phenoxy) is 1. The summed E-state index contributed by atoms with van der Waals surface area (Å²) in [5.74, 6) is 5.73. The van der Waals surface area contributed by atoms with Crippen LogP contribution >= 0.6 is 15.9 Å². The summed E-state index contributed by atoms with van der Waals surface area (Å²) >= 11 is 3.54. The molecule has 0 aromatic carbocycles. The standard InChI is InChI=1S/C11H19BrN4O/c1-3-16-9(8(12)7-14-16)10(15-13)11(2)5-4-6-17-11/h7,10,15H,3-6,13H2,1-2H3. The summed E-state index contributed by atoms with van der Waals surface area (Å²) in [6, 6.07) is -0.0539. The Morgan fingerprint density at radius 2 is 2.53 bits per heavy atom. The van der Waals surface area contributed by atoms with Gasteiger partial charge in [-0.2, -0.15) is 5.10 Å². The van der Waals surface area contributed by atoms with Crippen molar-refractivity contribution in [3.05, 3.63) is 16.4 Å². The molecule has 0 spiro atoms. The monoisotopic (exact) mass is 302 g/mol. The summed E-state index contributed by atoms with van der Waals surface area (Å²) in [5.41, 5.74) is 3.68. The molecule has 96 valence electrons. The number of hydrogen-bond acceptors (Lipinski definition) is 4. The quantitative estimate of drug-likeness (QED) is 0.657. The van der Waals surface area contributed by atoms with E-state index in [4.69, 9.17) is 10.6 Å². The molecule has 1 saturated heterocycles. The number of aromatic nitrogens is 2.